The predicted octanol–water partition coefficient (Wildman–Crippen LogP) is 3.84. The number of benzene rings is 2. The smallest absolute Gasteiger partial charge is 0.381 e. The van der Waals surface area contributed by atoms with Gasteiger partial charge in [-0.15, -0.1) is 0 Å². The summed E-state index contributed by atoms with van der Waals surface area (Å²) in [7, 11) is 0. The van der Waals surface area contributed by atoms with Crippen molar-refractivity contribution in [1.82, 2.24) is 0 Å². The van der Waals surface area contributed by atoms with E-state index in [1.165, 1.54) is 0 Å². The van der Waals surface area contributed by atoms with E-state index >= 15 is 0 Å². The maximum atomic E-state index is 13.5. The van der Waals surface area contributed by atoms with Crippen molar-refractivity contribution in [1.29, 1.82) is 0 Å². The van der Waals surface area contributed by atoms with Crippen LogP contribution in [0.5, 0.6) is 5.75 Å². The van der Waals surface area contributed by atoms with Gasteiger partial charge >= 0.3 is 12.3 Å². The second kappa shape index (κ2) is 6.02. The molecule has 100 valence electrons. The molecule has 0 fully saturated rings. The highest BCUT2D eigenvalue weighted by molar-refractivity contribution is 9.10. The molecule has 2 rings (SSSR count). The van der Waals surface area contributed by atoms with Crippen molar-refractivity contribution in [2.45, 2.75) is 13.3 Å². The largest absolute Gasteiger partial charge is 0.461 e. The number of halogens is 2. The SMILES string of the molecule is CCOC(=O)C(F)Oc1ccc2ccccc2c1Br. The van der Waals surface area contributed by atoms with Crippen LogP contribution < -0.4 is 4.74 Å². The van der Waals surface area contributed by atoms with Gasteiger partial charge in [-0.2, -0.15) is 4.39 Å². The molecule has 0 aliphatic heterocycles. The van der Waals surface area contributed by atoms with Crippen molar-refractivity contribution in [3.8, 4) is 5.75 Å². The summed E-state index contributed by atoms with van der Waals surface area (Å²) < 4.78 is 23.7. The lowest BCUT2D eigenvalue weighted by molar-refractivity contribution is -0.159. The van der Waals surface area contributed by atoms with E-state index in [0.717, 1.165) is 10.8 Å². The average Bonchev–Trinajstić information content (AvgIpc) is 2.42. The van der Waals surface area contributed by atoms with Gasteiger partial charge in [-0.05, 0) is 39.7 Å². The minimum atomic E-state index is -2.13. The van der Waals surface area contributed by atoms with Gasteiger partial charge in [-0.1, -0.05) is 30.3 Å². The van der Waals surface area contributed by atoms with E-state index in [0.29, 0.717) is 4.47 Å². The molecule has 0 aliphatic rings. The molecule has 1 unspecified atom stereocenters. The van der Waals surface area contributed by atoms with Gasteiger partial charge in [0.25, 0.3) is 0 Å². The van der Waals surface area contributed by atoms with Gasteiger partial charge in [0.15, 0.2) is 0 Å². The second-order valence-corrected chi connectivity index (χ2v) is 4.58. The molecule has 2 aromatic carbocycles. The van der Waals surface area contributed by atoms with Gasteiger partial charge in [-0.25, -0.2) is 4.79 Å². The number of alkyl halides is 1. The fourth-order valence-corrected chi connectivity index (χ4v) is 2.26. The number of fused-ring (bicyclic) bond motifs is 1. The number of ether oxygens (including phenoxy) is 2. The second-order valence-electron chi connectivity index (χ2n) is 3.78. The third-order valence-electron chi connectivity index (χ3n) is 2.53. The van der Waals surface area contributed by atoms with Gasteiger partial charge in [-0.3, -0.25) is 0 Å². The Bertz CT molecular complexity index is 600. The molecule has 5 heteroatoms. The maximum absolute atomic E-state index is 13.5. The van der Waals surface area contributed by atoms with Crippen LogP contribution in [0.4, 0.5) is 4.39 Å². The molecule has 0 bridgehead atoms. The lowest BCUT2D eigenvalue weighted by atomic mass is 10.1. The van der Waals surface area contributed by atoms with Gasteiger partial charge in [0.1, 0.15) is 5.75 Å². The standard InChI is InChI=1S/C14H12BrFO3/c1-2-18-14(17)13(16)19-11-8-7-9-5-3-4-6-10(9)12(11)15/h3-8,13H,2H2,1H3. The first-order valence-electron chi connectivity index (χ1n) is 5.78. The van der Waals surface area contributed by atoms with Crippen molar-refractivity contribution in [2.24, 2.45) is 0 Å². The molecule has 1 atom stereocenters. The summed E-state index contributed by atoms with van der Waals surface area (Å²) in [5.74, 6) is -0.762. The lowest BCUT2D eigenvalue weighted by Crippen LogP contribution is -2.24. The van der Waals surface area contributed by atoms with E-state index in [1.807, 2.05) is 24.3 Å². The predicted molar refractivity (Wildman–Crippen MR) is 73.8 cm³/mol. The van der Waals surface area contributed by atoms with Crippen LogP contribution in [-0.2, 0) is 9.53 Å². The molecule has 0 aliphatic carbocycles. The van der Waals surface area contributed by atoms with Crippen LogP contribution in [-0.4, -0.2) is 18.9 Å². The number of hydrogen-bond acceptors (Lipinski definition) is 3. The minimum Gasteiger partial charge on any atom is -0.461 e. The molecular formula is C14H12BrFO3. The number of esters is 1. The fraction of sp³-hybridized carbons (Fsp3) is 0.214. The van der Waals surface area contributed by atoms with Crippen LogP contribution in [0, 0.1) is 0 Å². The van der Waals surface area contributed by atoms with Gasteiger partial charge in [0, 0.05) is 0 Å². The molecule has 19 heavy (non-hydrogen) atoms. The Hall–Kier alpha value is -1.62. The highest BCUT2D eigenvalue weighted by atomic mass is 79.9. The zero-order valence-corrected chi connectivity index (χ0v) is 11.8. The molecule has 0 saturated carbocycles. The molecule has 0 aromatic heterocycles. The normalized spacial score (nSPS) is 12.2. The quantitative estimate of drug-likeness (QED) is 0.801. The summed E-state index contributed by atoms with van der Waals surface area (Å²) in [5, 5.41) is 1.88. The van der Waals surface area contributed by atoms with Crippen molar-refractivity contribution in [3.05, 3.63) is 40.9 Å². The highest BCUT2D eigenvalue weighted by Crippen LogP contribution is 2.33. The zero-order valence-electron chi connectivity index (χ0n) is 10.2. The van der Waals surface area contributed by atoms with Crippen molar-refractivity contribution >= 4 is 32.7 Å². The Morgan fingerprint density at radius 1 is 1.32 bits per heavy atom. The summed E-state index contributed by atoms with van der Waals surface area (Å²) in [6.45, 7) is 1.72. The Balaban J connectivity index is 2.26. The number of hydrogen-bond donors (Lipinski definition) is 0. The number of rotatable bonds is 4. The molecule has 0 saturated heterocycles. The number of carbonyl (C=O) groups excluding carboxylic acids is 1. The molecule has 3 nitrogen and oxygen atoms in total. The van der Waals surface area contributed by atoms with Gasteiger partial charge in [0.2, 0.25) is 0 Å². The van der Waals surface area contributed by atoms with Crippen molar-refractivity contribution < 1.29 is 18.7 Å². The lowest BCUT2D eigenvalue weighted by Gasteiger charge is -2.13. The highest BCUT2D eigenvalue weighted by Gasteiger charge is 2.21. The van der Waals surface area contributed by atoms with E-state index in [1.54, 1.807) is 19.1 Å². The average molecular weight is 327 g/mol. The zero-order chi connectivity index (χ0) is 13.8. The van der Waals surface area contributed by atoms with E-state index in [-0.39, 0.29) is 12.4 Å². The van der Waals surface area contributed by atoms with Crippen LogP contribution in [0.3, 0.4) is 0 Å². The van der Waals surface area contributed by atoms with E-state index in [9.17, 15) is 9.18 Å². The van der Waals surface area contributed by atoms with Crippen LogP contribution >= 0.6 is 15.9 Å². The molecule has 2 aromatic rings. The number of carbonyl (C=O) groups is 1. The summed E-state index contributed by atoms with van der Waals surface area (Å²) >= 11 is 3.35. The Morgan fingerprint density at radius 2 is 2.05 bits per heavy atom. The first-order valence-corrected chi connectivity index (χ1v) is 6.57. The minimum absolute atomic E-state index is 0.113. The fourth-order valence-electron chi connectivity index (χ4n) is 1.67. The van der Waals surface area contributed by atoms with E-state index in [2.05, 4.69) is 20.7 Å². The Kier molecular flexibility index (Phi) is 4.37. The van der Waals surface area contributed by atoms with Crippen LogP contribution in [0.1, 0.15) is 6.92 Å². The van der Waals surface area contributed by atoms with Gasteiger partial charge < -0.3 is 9.47 Å². The molecule has 0 amide bonds. The van der Waals surface area contributed by atoms with Crippen LogP contribution in [0.2, 0.25) is 0 Å². The van der Waals surface area contributed by atoms with Crippen LogP contribution in [0.15, 0.2) is 40.9 Å². The molecule has 0 spiro atoms. The van der Waals surface area contributed by atoms with Gasteiger partial charge in [0.05, 0.1) is 11.1 Å². The summed E-state index contributed by atoms with van der Waals surface area (Å²) in [4.78, 5) is 11.2. The summed E-state index contributed by atoms with van der Waals surface area (Å²) in [6, 6.07) is 11.0. The van der Waals surface area contributed by atoms with Crippen LogP contribution in [0.25, 0.3) is 10.8 Å². The third kappa shape index (κ3) is 3.04. The molecule has 0 N–H and O–H groups in total. The monoisotopic (exact) mass is 326 g/mol. The van der Waals surface area contributed by atoms with Crippen molar-refractivity contribution in [3.63, 3.8) is 0 Å². The summed E-state index contributed by atoms with van der Waals surface area (Å²) in [5.41, 5.74) is 0. The van der Waals surface area contributed by atoms with E-state index < -0.39 is 12.3 Å². The first kappa shape index (κ1) is 13.8. The summed E-state index contributed by atoms with van der Waals surface area (Å²) in [6.07, 6.45) is -2.13. The first-order chi connectivity index (χ1) is 9.13. The maximum Gasteiger partial charge on any atom is 0.381 e. The van der Waals surface area contributed by atoms with Crippen molar-refractivity contribution in [2.75, 3.05) is 6.61 Å². The third-order valence-corrected chi connectivity index (χ3v) is 3.35. The molecule has 0 radical (unpaired) electrons. The topological polar surface area (TPSA) is 35.5 Å². The molecular weight excluding hydrogens is 315 g/mol. The Labute approximate surface area is 118 Å². The van der Waals surface area contributed by atoms with E-state index in [4.69, 9.17) is 4.74 Å². The Morgan fingerprint density at radius 3 is 2.79 bits per heavy atom. The molecule has 0 heterocycles.